The van der Waals surface area contributed by atoms with Crippen molar-refractivity contribution >= 4 is 29.1 Å². The van der Waals surface area contributed by atoms with Gasteiger partial charge in [0.2, 0.25) is 5.95 Å². The largest absolute Gasteiger partial charge is 0.354 e. The van der Waals surface area contributed by atoms with Crippen molar-refractivity contribution in [3.05, 3.63) is 52.4 Å². The Morgan fingerprint density at radius 1 is 1.20 bits per heavy atom. The molecule has 1 aliphatic rings. The molecule has 1 heterocycles. The van der Waals surface area contributed by atoms with E-state index in [2.05, 4.69) is 26.7 Å². The third-order valence-electron chi connectivity index (χ3n) is 4.16. The molecule has 0 saturated heterocycles. The van der Waals surface area contributed by atoms with Crippen molar-refractivity contribution in [1.82, 2.24) is 9.97 Å². The summed E-state index contributed by atoms with van der Waals surface area (Å²) in [5.74, 6) is 0.798. The number of nitrogens with zero attached hydrogens (tertiary/aromatic N) is 2. The molecule has 0 amide bonds. The lowest BCUT2D eigenvalue weighted by Crippen LogP contribution is -2.09. The summed E-state index contributed by atoms with van der Waals surface area (Å²) in [5, 5.41) is 6.51. The first kappa shape index (κ1) is 17.7. The van der Waals surface area contributed by atoms with E-state index in [1.54, 1.807) is 6.07 Å². The number of aromatic nitrogens is 2. The number of allylic oxidation sites excluding steroid dienone is 1. The molecule has 0 aliphatic heterocycles. The van der Waals surface area contributed by atoms with E-state index in [0.29, 0.717) is 17.5 Å². The molecule has 0 saturated carbocycles. The Labute approximate surface area is 152 Å². The maximum absolute atomic E-state index is 13.3. The van der Waals surface area contributed by atoms with Crippen LogP contribution in [0.3, 0.4) is 0 Å². The number of hydrogen-bond acceptors (Lipinski definition) is 4. The van der Waals surface area contributed by atoms with E-state index in [4.69, 9.17) is 11.6 Å². The van der Waals surface area contributed by atoms with Crippen LogP contribution >= 0.6 is 11.6 Å². The van der Waals surface area contributed by atoms with Gasteiger partial charge in [0.1, 0.15) is 11.6 Å². The lowest BCUT2D eigenvalue weighted by molar-refractivity contribution is 0.628. The predicted molar refractivity (Wildman–Crippen MR) is 101 cm³/mol. The van der Waals surface area contributed by atoms with Crippen molar-refractivity contribution in [2.45, 2.75) is 39.0 Å². The molecular weight excluding hydrogens is 339 g/mol. The summed E-state index contributed by atoms with van der Waals surface area (Å²) >= 11 is 5.82. The molecule has 0 bridgehead atoms. The molecule has 25 heavy (non-hydrogen) atoms. The number of hydrogen-bond donors (Lipinski definition) is 2. The first-order valence-corrected chi connectivity index (χ1v) is 8.97. The van der Waals surface area contributed by atoms with Gasteiger partial charge in [-0.3, -0.25) is 0 Å². The fraction of sp³-hybridized carbons (Fsp3) is 0.368. The minimum atomic E-state index is -0.439. The van der Waals surface area contributed by atoms with Crippen LogP contribution in [0.2, 0.25) is 5.02 Å². The number of benzene rings is 1. The van der Waals surface area contributed by atoms with Crippen LogP contribution < -0.4 is 10.6 Å². The van der Waals surface area contributed by atoms with Gasteiger partial charge in [-0.2, -0.15) is 4.98 Å². The molecule has 1 aromatic heterocycles. The van der Waals surface area contributed by atoms with Gasteiger partial charge >= 0.3 is 0 Å². The zero-order chi connectivity index (χ0) is 17.6. The zero-order valence-electron chi connectivity index (χ0n) is 14.3. The van der Waals surface area contributed by atoms with Crippen LogP contribution in [-0.2, 0) is 0 Å². The fourth-order valence-corrected chi connectivity index (χ4v) is 3.08. The molecule has 1 aliphatic carbocycles. The van der Waals surface area contributed by atoms with Crippen molar-refractivity contribution in [2.75, 3.05) is 17.2 Å². The van der Waals surface area contributed by atoms with Crippen LogP contribution in [0.15, 0.2) is 35.9 Å². The molecule has 132 valence electrons. The van der Waals surface area contributed by atoms with Gasteiger partial charge < -0.3 is 10.6 Å². The van der Waals surface area contributed by atoms with E-state index in [-0.39, 0.29) is 5.02 Å². The first-order chi connectivity index (χ1) is 12.1. The molecule has 3 rings (SSSR count). The van der Waals surface area contributed by atoms with Gasteiger partial charge in [0.25, 0.3) is 0 Å². The highest BCUT2D eigenvalue weighted by atomic mass is 35.5. The van der Waals surface area contributed by atoms with Gasteiger partial charge in [0.05, 0.1) is 5.02 Å². The van der Waals surface area contributed by atoms with Crippen LogP contribution in [0.25, 0.3) is 0 Å². The fourth-order valence-electron chi connectivity index (χ4n) is 2.90. The smallest absolute Gasteiger partial charge is 0.224 e. The van der Waals surface area contributed by atoms with Crippen LogP contribution in [0.4, 0.5) is 21.8 Å². The maximum atomic E-state index is 13.3. The van der Waals surface area contributed by atoms with Crippen LogP contribution in [0.5, 0.6) is 0 Å². The Morgan fingerprint density at radius 2 is 2.08 bits per heavy atom. The molecule has 1 aromatic carbocycles. The Balaban J connectivity index is 1.63. The molecular formula is C19H22ClFN4. The Morgan fingerprint density at radius 3 is 2.84 bits per heavy atom. The van der Waals surface area contributed by atoms with Crippen LogP contribution in [0, 0.1) is 12.7 Å². The number of aryl methyl sites for hydroxylation is 1. The lowest BCUT2D eigenvalue weighted by Gasteiger charge is -2.13. The summed E-state index contributed by atoms with van der Waals surface area (Å²) < 4.78 is 13.3. The highest BCUT2D eigenvalue weighted by Crippen LogP contribution is 2.23. The molecule has 0 spiro atoms. The topological polar surface area (TPSA) is 49.8 Å². The average Bonchev–Trinajstić information content (AvgIpc) is 2.59. The molecule has 2 N–H and O–H groups in total. The summed E-state index contributed by atoms with van der Waals surface area (Å²) in [4.78, 5) is 8.90. The summed E-state index contributed by atoms with van der Waals surface area (Å²) in [5.41, 5.74) is 3.05. The van der Waals surface area contributed by atoms with Gasteiger partial charge in [-0.25, -0.2) is 9.37 Å². The molecule has 6 heteroatoms. The molecule has 0 unspecified atom stereocenters. The van der Waals surface area contributed by atoms with Crippen molar-refractivity contribution in [1.29, 1.82) is 0 Å². The normalized spacial score (nSPS) is 14.1. The first-order valence-electron chi connectivity index (χ1n) is 8.60. The quantitative estimate of drug-likeness (QED) is 0.656. The third kappa shape index (κ3) is 5.16. The molecule has 2 aromatic rings. The highest BCUT2D eigenvalue weighted by molar-refractivity contribution is 6.31. The summed E-state index contributed by atoms with van der Waals surface area (Å²) in [6.07, 6.45) is 8.38. The van der Waals surface area contributed by atoms with Crippen LogP contribution in [-0.4, -0.2) is 16.5 Å². The van der Waals surface area contributed by atoms with Gasteiger partial charge in [0.15, 0.2) is 0 Å². The molecule has 0 atom stereocenters. The van der Waals surface area contributed by atoms with Crippen molar-refractivity contribution < 1.29 is 4.39 Å². The second-order valence-electron chi connectivity index (χ2n) is 6.26. The zero-order valence-corrected chi connectivity index (χ0v) is 15.0. The minimum absolute atomic E-state index is 0.0786. The Kier molecular flexibility index (Phi) is 5.87. The second kappa shape index (κ2) is 8.30. The SMILES string of the molecule is Cc1cc(Nc2ccc(F)c(Cl)c2)nc(NCCC2=CCCCC2)n1. The Bertz CT molecular complexity index is 776. The van der Waals surface area contributed by atoms with Crippen molar-refractivity contribution in [3.8, 4) is 0 Å². The summed E-state index contributed by atoms with van der Waals surface area (Å²) in [6, 6.07) is 6.33. The minimum Gasteiger partial charge on any atom is -0.354 e. The number of rotatable bonds is 6. The number of nitrogens with one attached hydrogen (secondary N) is 2. The second-order valence-corrected chi connectivity index (χ2v) is 6.66. The van der Waals surface area contributed by atoms with Gasteiger partial charge in [-0.1, -0.05) is 23.3 Å². The van der Waals surface area contributed by atoms with Crippen LogP contribution in [0.1, 0.15) is 37.8 Å². The summed E-state index contributed by atoms with van der Waals surface area (Å²) in [7, 11) is 0. The Hall–Kier alpha value is -2.14. The molecule has 0 radical (unpaired) electrons. The number of halogens is 2. The predicted octanol–water partition coefficient (Wildman–Crippen LogP) is 5.62. The monoisotopic (exact) mass is 360 g/mol. The van der Waals surface area contributed by atoms with E-state index >= 15 is 0 Å². The van der Waals surface area contributed by atoms with Crippen molar-refractivity contribution in [2.24, 2.45) is 0 Å². The van der Waals surface area contributed by atoms with E-state index in [1.807, 2.05) is 13.0 Å². The van der Waals surface area contributed by atoms with Gasteiger partial charge in [0, 0.05) is 24.0 Å². The number of anilines is 3. The molecule has 4 nitrogen and oxygen atoms in total. The lowest BCUT2D eigenvalue weighted by atomic mass is 9.97. The average molecular weight is 361 g/mol. The van der Waals surface area contributed by atoms with Gasteiger partial charge in [-0.15, -0.1) is 0 Å². The van der Waals surface area contributed by atoms with E-state index in [1.165, 1.54) is 43.4 Å². The van der Waals surface area contributed by atoms with E-state index < -0.39 is 5.82 Å². The highest BCUT2D eigenvalue weighted by Gasteiger charge is 2.07. The molecule has 0 fully saturated rings. The summed E-state index contributed by atoms with van der Waals surface area (Å²) in [6.45, 7) is 2.73. The standard InChI is InChI=1S/C19H22ClFN4/c1-13-11-18(24-15-7-8-17(21)16(20)12-15)25-19(23-13)22-10-9-14-5-3-2-4-6-14/h5,7-8,11-12H,2-4,6,9-10H2,1H3,(H2,22,23,24,25). The van der Waals surface area contributed by atoms with E-state index in [0.717, 1.165) is 18.7 Å². The maximum Gasteiger partial charge on any atom is 0.224 e. The third-order valence-corrected chi connectivity index (χ3v) is 4.45. The van der Waals surface area contributed by atoms with Crippen molar-refractivity contribution in [3.63, 3.8) is 0 Å². The van der Waals surface area contributed by atoms with E-state index in [9.17, 15) is 4.39 Å². The van der Waals surface area contributed by atoms with Gasteiger partial charge in [-0.05, 0) is 57.2 Å².